The number of aromatic nitrogens is 2. The first-order valence-corrected chi connectivity index (χ1v) is 8.24. The zero-order chi connectivity index (χ0) is 14.4. The highest BCUT2D eigenvalue weighted by atomic mass is 16.5. The van der Waals surface area contributed by atoms with Crippen LogP contribution in [0, 0.1) is 17.8 Å². The first kappa shape index (κ1) is 13.7. The van der Waals surface area contributed by atoms with Crippen molar-refractivity contribution in [2.24, 2.45) is 23.5 Å². The van der Waals surface area contributed by atoms with Crippen LogP contribution in [-0.4, -0.2) is 29.9 Å². The maximum absolute atomic E-state index is 5.98. The van der Waals surface area contributed by atoms with Crippen molar-refractivity contribution in [3.63, 3.8) is 0 Å². The second-order valence-corrected chi connectivity index (χ2v) is 7.63. The molecule has 5 rings (SSSR count). The third-order valence-corrected chi connectivity index (χ3v) is 5.80. The van der Waals surface area contributed by atoms with E-state index in [0.717, 1.165) is 23.6 Å². The number of hydrogen-bond acceptors (Lipinski definition) is 5. The summed E-state index contributed by atoms with van der Waals surface area (Å²) in [5.74, 6) is 4.32. The van der Waals surface area contributed by atoms with E-state index in [1.54, 1.807) is 7.11 Å². The third kappa shape index (κ3) is 2.40. The van der Waals surface area contributed by atoms with Crippen molar-refractivity contribution in [1.82, 2.24) is 10.1 Å². The van der Waals surface area contributed by atoms with E-state index >= 15 is 0 Å². The lowest BCUT2D eigenvalue weighted by molar-refractivity contribution is -0.0103. The van der Waals surface area contributed by atoms with Crippen LogP contribution in [0.2, 0.25) is 0 Å². The van der Waals surface area contributed by atoms with Gasteiger partial charge in [-0.3, -0.25) is 0 Å². The fourth-order valence-electron chi connectivity index (χ4n) is 5.43. The van der Waals surface area contributed by atoms with Gasteiger partial charge in [-0.2, -0.15) is 4.98 Å². The van der Waals surface area contributed by atoms with E-state index in [-0.39, 0.29) is 11.5 Å². The van der Waals surface area contributed by atoms with E-state index in [4.69, 9.17) is 20.0 Å². The predicted molar refractivity (Wildman–Crippen MR) is 77.7 cm³/mol. The van der Waals surface area contributed by atoms with Crippen molar-refractivity contribution in [3.05, 3.63) is 11.7 Å². The molecule has 5 nitrogen and oxygen atoms in total. The van der Waals surface area contributed by atoms with E-state index in [0.29, 0.717) is 18.9 Å². The molecule has 1 unspecified atom stereocenters. The van der Waals surface area contributed by atoms with Crippen LogP contribution < -0.4 is 5.73 Å². The Labute approximate surface area is 125 Å². The Morgan fingerprint density at radius 2 is 1.86 bits per heavy atom. The quantitative estimate of drug-likeness (QED) is 0.898. The molecule has 0 amide bonds. The average molecular weight is 291 g/mol. The monoisotopic (exact) mass is 291 g/mol. The minimum Gasteiger partial charge on any atom is -0.383 e. The van der Waals surface area contributed by atoms with Crippen molar-refractivity contribution in [1.29, 1.82) is 0 Å². The second kappa shape index (κ2) is 5.06. The van der Waals surface area contributed by atoms with Gasteiger partial charge in [0.25, 0.3) is 0 Å². The van der Waals surface area contributed by atoms with Crippen molar-refractivity contribution in [3.8, 4) is 0 Å². The molecule has 4 aliphatic rings. The summed E-state index contributed by atoms with van der Waals surface area (Å²) in [6.45, 7) is 0.523. The molecule has 5 heteroatoms. The fraction of sp³-hybridized carbons (Fsp3) is 0.875. The van der Waals surface area contributed by atoms with Gasteiger partial charge in [0.1, 0.15) is 0 Å². The minimum atomic E-state index is -0.0698. The lowest BCUT2D eigenvalue weighted by Gasteiger charge is -2.55. The van der Waals surface area contributed by atoms with Gasteiger partial charge in [0.2, 0.25) is 5.89 Å². The molecule has 116 valence electrons. The molecule has 0 radical (unpaired) electrons. The van der Waals surface area contributed by atoms with Gasteiger partial charge >= 0.3 is 0 Å². The molecule has 4 aliphatic carbocycles. The molecule has 0 spiro atoms. The number of ether oxygens (including phenoxy) is 1. The van der Waals surface area contributed by atoms with Crippen LogP contribution in [-0.2, 0) is 16.6 Å². The Morgan fingerprint density at radius 3 is 2.43 bits per heavy atom. The summed E-state index contributed by atoms with van der Waals surface area (Å²) in [5.41, 5.74) is 6.19. The largest absolute Gasteiger partial charge is 0.383 e. The van der Waals surface area contributed by atoms with Crippen LogP contribution in [0.25, 0.3) is 0 Å². The van der Waals surface area contributed by atoms with E-state index in [2.05, 4.69) is 5.16 Å². The predicted octanol–water partition coefficient (Wildman–Crippen LogP) is 2.05. The standard InChI is InChI=1S/C16H25N3O2/c1-20-9-13(17)5-14-18-15(19-21-14)16-6-10-2-11(7-16)4-12(3-10)8-16/h10-13H,2-9,17H2,1H3. The summed E-state index contributed by atoms with van der Waals surface area (Å²) in [6.07, 6.45) is 8.70. The van der Waals surface area contributed by atoms with Crippen molar-refractivity contribution >= 4 is 0 Å². The molecule has 0 aromatic carbocycles. The van der Waals surface area contributed by atoms with Gasteiger partial charge in [-0.05, 0) is 56.3 Å². The molecular formula is C16H25N3O2. The van der Waals surface area contributed by atoms with Crippen molar-refractivity contribution in [2.45, 2.75) is 56.4 Å². The van der Waals surface area contributed by atoms with Crippen LogP contribution in [0.1, 0.15) is 50.2 Å². The van der Waals surface area contributed by atoms with Gasteiger partial charge in [0.15, 0.2) is 5.82 Å². The minimum absolute atomic E-state index is 0.0698. The number of nitrogens with zero attached hydrogens (tertiary/aromatic N) is 2. The third-order valence-electron chi connectivity index (χ3n) is 5.80. The van der Waals surface area contributed by atoms with Crippen LogP contribution in [0.5, 0.6) is 0 Å². The number of methoxy groups -OCH3 is 1. The van der Waals surface area contributed by atoms with Crippen molar-refractivity contribution < 1.29 is 9.26 Å². The van der Waals surface area contributed by atoms with E-state index in [9.17, 15) is 0 Å². The highest BCUT2D eigenvalue weighted by molar-refractivity contribution is 5.16. The second-order valence-electron chi connectivity index (χ2n) is 7.63. The summed E-state index contributed by atoms with van der Waals surface area (Å²) in [4.78, 5) is 4.71. The van der Waals surface area contributed by atoms with Gasteiger partial charge in [-0.25, -0.2) is 0 Å². The highest BCUT2D eigenvalue weighted by Crippen LogP contribution is 2.60. The molecule has 1 atom stereocenters. The maximum atomic E-state index is 5.98. The zero-order valence-corrected chi connectivity index (χ0v) is 12.8. The van der Waals surface area contributed by atoms with Gasteiger partial charge in [0.05, 0.1) is 6.61 Å². The molecule has 1 heterocycles. The average Bonchev–Trinajstić information content (AvgIpc) is 2.86. The van der Waals surface area contributed by atoms with E-state index in [1.807, 2.05) is 0 Å². The van der Waals surface area contributed by atoms with Crippen LogP contribution >= 0.6 is 0 Å². The van der Waals surface area contributed by atoms with E-state index < -0.39 is 0 Å². The van der Waals surface area contributed by atoms with Gasteiger partial charge in [-0.1, -0.05) is 5.16 Å². The van der Waals surface area contributed by atoms with Crippen LogP contribution in [0.15, 0.2) is 4.52 Å². The summed E-state index contributed by atoms with van der Waals surface area (Å²) in [6, 6.07) is -0.0698. The first-order valence-electron chi connectivity index (χ1n) is 8.24. The van der Waals surface area contributed by atoms with Gasteiger partial charge in [-0.15, -0.1) is 0 Å². The van der Waals surface area contributed by atoms with E-state index in [1.165, 1.54) is 38.5 Å². The zero-order valence-electron chi connectivity index (χ0n) is 12.8. The molecule has 4 bridgehead atoms. The molecule has 1 aromatic rings. The maximum Gasteiger partial charge on any atom is 0.228 e. The molecule has 2 N–H and O–H groups in total. The molecule has 0 aliphatic heterocycles. The Morgan fingerprint density at radius 1 is 1.24 bits per heavy atom. The van der Waals surface area contributed by atoms with Crippen LogP contribution in [0.3, 0.4) is 0 Å². The summed E-state index contributed by atoms with van der Waals surface area (Å²) in [7, 11) is 1.66. The topological polar surface area (TPSA) is 74.2 Å². The molecule has 21 heavy (non-hydrogen) atoms. The molecule has 4 saturated carbocycles. The number of rotatable bonds is 5. The molecular weight excluding hydrogens is 266 g/mol. The Balaban J connectivity index is 1.53. The first-order chi connectivity index (χ1) is 10.2. The van der Waals surface area contributed by atoms with Crippen LogP contribution in [0.4, 0.5) is 0 Å². The summed E-state index contributed by atoms with van der Waals surface area (Å²) >= 11 is 0. The Bertz CT molecular complexity index is 478. The summed E-state index contributed by atoms with van der Waals surface area (Å²) in [5, 5.41) is 4.34. The summed E-state index contributed by atoms with van der Waals surface area (Å²) < 4.78 is 10.5. The number of hydrogen-bond donors (Lipinski definition) is 1. The Kier molecular flexibility index (Phi) is 3.30. The van der Waals surface area contributed by atoms with Gasteiger partial charge in [0, 0.05) is 25.0 Å². The smallest absolute Gasteiger partial charge is 0.228 e. The molecule has 0 saturated heterocycles. The Hall–Kier alpha value is -0.940. The normalized spacial score (nSPS) is 38.9. The lowest BCUT2D eigenvalue weighted by Crippen LogP contribution is -2.49. The van der Waals surface area contributed by atoms with Crippen molar-refractivity contribution in [2.75, 3.05) is 13.7 Å². The fourth-order valence-corrected chi connectivity index (χ4v) is 5.43. The lowest BCUT2D eigenvalue weighted by atomic mass is 9.49. The van der Waals surface area contributed by atoms with Gasteiger partial charge < -0.3 is 15.0 Å². The molecule has 1 aromatic heterocycles. The molecule has 4 fully saturated rings. The number of nitrogens with two attached hydrogens (primary N) is 1. The highest BCUT2D eigenvalue weighted by Gasteiger charge is 2.53. The SMILES string of the molecule is COCC(N)Cc1nc(C23CC4CC(CC(C4)C2)C3)no1.